The van der Waals surface area contributed by atoms with Crippen LogP contribution in [0.15, 0.2) is 46.8 Å². The van der Waals surface area contributed by atoms with Crippen LogP contribution in [-0.2, 0) is 38.1 Å². The highest BCUT2D eigenvalue weighted by Crippen LogP contribution is 2.43. The van der Waals surface area contributed by atoms with Crippen LogP contribution >= 0.6 is 0 Å². The summed E-state index contributed by atoms with van der Waals surface area (Å²) in [7, 11) is 3.40. The van der Waals surface area contributed by atoms with Crippen molar-refractivity contribution >= 4 is 29.6 Å². The SMILES string of the molecule is COC(=O)CN1C(C)=C(C(=O)OC)C(c2cccc([N+](=O)[O-])c2)C(C(=O)OC)=C1COC(C)=O. The van der Waals surface area contributed by atoms with Gasteiger partial charge in [0, 0.05) is 24.8 Å². The Labute approximate surface area is 194 Å². The van der Waals surface area contributed by atoms with E-state index in [-0.39, 0.29) is 33.8 Å². The van der Waals surface area contributed by atoms with E-state index in [2.05, 4.69) is 0 Å². The van der Waals surface area contributed by atoms with Gasteiger partial charge in [-0.2, -0.15) is 0 Å². The van der Waals surface area contributed by atoms with Crippen LogP contribution < -0.4 is 0 Å². The second kappa shape index (κ2) is 11.1. The Bertz CT molecular complexity index is 1090. The first kappa shape index (κ1) is 26.0. The van der Waals surface area contributed by atoms with Gasteiger partial charge in [0.25, 0.3) is 5.69 Å². The standard InChI is InChI=1S/C22H24N2O10/c1-12-18(21(27)32-4)19(14-7-6-8-15(9-14)24(29)30)20(22(28)33-5)16(11-34-13(2)25)23(12)10-17(26)31-3/h6-9,19H,10-11H2,1-5H3. The minimum Gasteiger partial charge on any atom is -0.468 e. The number of carbonyl (C=O) groups excluding carboxylic acids is 4. The molecule has 0 bridgehead atoms. The van der Waals surface area contributed by atoms with E-state index >= 15 is 0 Å². The molecule has 12 heteroatoms. The van der Waals surface area contributed by atoms with Crippen LogP contribution in [0.3, 0.4) is 0 Å². The van der Waals surface area contributed by atoms with Crippen LogP contribution in [0.25, 0.3) is 0 Å². The largest absolute Gasteiger partial charge is 0.468 e. The van der Waals surface area contributed by atoms with Crippen LogP contribution in [0.1, 0.15) is 25.3 Å². The number of nitrogens with zero attached hydrogens (tertiary/aromatic N) is 2. The Morgan fingerprint density at radius 2 is 1.65 bits per heavy atom. The second-order valence-electron chi connectivity index (χ2n) is 7.07. The number of ether oxygens (including phenoxy) is 4. The van der Waals surface area contributed by atoms with E-state index in [0.29, 0.717) is 0 Å². The number of benzene rings is 1. The fraction of sp³-hybridized carbons (Fsp3) is 0.364. The molecule has 0 fully saturated rings. The van der Waals surface area contributed by atoms with Crippen molar-refractivity contribution in [1.29, 1.82) is 0 Å². The van der Waals surface area contributed by atoms with E-state index in [9.17, 15) is 29.3 Å². The Morgan fingerprint density at radius 3 is 2.18 bits per heavy atom. The van der Waals surface area contributed by atoms with Crippen molar-refractivity contribution in [2.24, 2.45) is 0 Å². The molecule has 0 spiro atoms. The first-order valence-electron chi connectivity index (χ1n) is 9.89. The molecular formula is C22H24N2O10. The van der Waals surface area contributed by atoms with E-state index in [1.54, 1.807) is 0 Å². The number of esters is 4. The number of hydrogen-bond acceptors (Lipinski definition) is 11. The molecule has 0 saturated heterocycles. The normalized spacial score (nSPS) is 15.6. The van der Waals surface area contributed by atoms with Gasteiger partial charge in [0.05, 0.1) is 49.0 Å². The van der Waals surface area contributed by atoms with E-state index in [4.69, 9.17) is 18.9 Å². The minimum atomic E-state index is -1.18. The number of non-ortho nitro benzene ring substituents is 1. The Balaban J connectivity index is 2.92. The van der Waals surface area contributed by atoms with Gasteiger partial charge in [0.2, 0.25) is 0 Å². The predicted octanol–water partition coefficient (Wildman–Crippen LogP) is 1.60. The summed E-state index contributed by atoms with van der Waals surface area (Å²) in [5.74, 6) is -4.29. The zero-order valence-electron chi connectivity index (χ0n) is 19.3. The number of methoxy groups -OCH3 is 3. The molecule has 34 heavy (non-hydrogen) atoms. The highest BCUT2D eigenvalue weighted by molar-refractivity contribution is 6.00. The summed E-state index contributed by atoms with van der Waals surface area (Å²) in [5, 5.41) is 11.4. The summed E-state index contributed by atoms with van der Waals surface area (Å²) in [5.41, 5.74) is -0.0230. The fourth-order valence-corrected chi connectivity index (χ4v) is 3.62. The van der Waals surface area contributed by atoms with E-state index in [1.807, 2.05) is 0 Å². The molecule has 1 unspecified atom stereocenters. The molecule has 1 aliphatic rings. The van der Waals surface area contributed by atoms with Crippen molar-refractivity contribution in [3.63, 3.8) is 0 Å². The Morgan fingerprint density at radius 1 is 1.03 bits per heavy atom. The molecule has 182 valence electrons. The monoisotopic (exact) mass is 476 g/mol. The molecule has 0 N–H and O–H groups in total. The lowest BCUT2D eigenvalue weighted by molar-refractivity contribution is -0.384. The van der Waals surface area contributed by atoms with Crippen molar-refractivity contribution in [3.05, 3.63) is 62.5 Å². The highest BCUT2D eigenvalue weighted by atomic mass is 16.6. The molecule has 1 aromatic rings. The first-order chi connectivity index (χ1) is 16.1. The summed E-state index contributed by atoms with van der Waals surface area (Å²) in [6.45, 7) is 1.78. The van der Waals surface area contributed by atoms with Crippen LogP contribution in [0.5, 0.6) is 0 Å². The maximum absolute atomic E-state index is 13.0. The van der Waals surface area contributed by atoms with Gasteiger partial charge in [-0.15, -0.1) is 0 Å². The molecule has 1 aromatic carbocycles. The van der Waals surface area contributed by atoms with Gasteiger partial charge >= 0.3 is 23.9 Å². The fourth-order valence-electron chi connectivity index (χ4n) is 3.62. The summed E-state index contributed by atoms with van der Waals surface area (Å²) in [6.07, 6.45) is 0. The summed E-state index contributed by atoms with van der Waals surface area (Å²) >= 11 is 0. The number of carbonyl (C=O) groups is 4. The molecule has 12 nitrogen and oxygen atoms in total. The molecule has 1 aliphatic heterocycles. The minimum absolute atomic E-state index is 0.0501. The van der Waals surface area contributed by atoms with Crippen molar-refractivity contribution in [3.8, 4) is 0 Å². The molecule has 0 saturated carbocycles. The van der Waals surface area contributed by atoms with Crippen LogP contribution in [0.2, 0.25) is 0 Å². The molecule has 1 heterocycles. The second-order valence-corrected chi connectivity index (χ2v) is 7.07. The average Bonchev–Trinajstić information content (AvgIpc) is 2.82. The lowest BCUT2D eigenvalue weighted by Gasteiger charge is -2.37. The maximum Gasteiger partial charge on any atom is 0.336 e. The Kier molecular flexibility index (Phi) is 8.48. The average molecular weight is 476 g/mol. The van der Waals surface area contributed by atoms with E-state index < -0.39 is 47.9 Å². The third kappa shape index (κ3) is 5.39. The Hall–Kier alpha value is -4.22. The predicted molar refractivity (Wildman–Crippen MR) is 115 cm³/mol. The highest BCUT2D eigenvalue weighted by Gasteiger charge is 2.42. The topological polar surface area (TPSA) is 152 Å². The van der Waals surface area contributed by atoms with Crippen molar-refractivity contribution in [1.82, 2.24) is 4.90 Å². The zero-order valence-corrected chi connectivity index (χ0v) is 19.3. The molecule has 0 aliphatic carbocycles. The lowest BCUT2D eigenvalue weighted by atomic mass is 9.79. The van der Waals surface area contributed by atoms with Gasteiger partial charge in [-0.25, -0.2) is 9.59 Å². The van der Waals surface area contributed by atoms with Crippen LogP contribution in [0.4, 0.5) is 5.69 Å². The lowest BCUT2D eigenvalue weighted by Crippen LogP contribution is -2.40. The molecule has 0 aromatic heterocycles. The number of nitro benzene ring substituents is 1. The van der Waals surface area contributed by atoms with Crippen LogP contribution in [-0.4, -0.2) is 68.2 Å². The van der Waals surface area contributed by atoms with Gasteiger partial charge in [-0.1, -0.05) is 12.1 Å². The third-order valence-corrected chi connectivity index (χ3v) is 5.16. The van der Waals surface area contributed by atoms with Crippen molar-refractivity contribution in [2.45, 2.75) is 19.8 Å². The zero-order chi connectivity index (χ0) is 25.6. The van der Waals surface area contributed by atoms with Gasteiger partial charge < -0.3 is 23.8 Å². The molecule has 2 rings (SSSR count). The number of rotatable bonds is 8. The summed E-state index contributed by atoms with van der Waals surface area (Å²) in [4.78, 5) is 61.7. The smallest absolute Gasteiger partial charge is 0.336 e. The van der Waals surface area contributed by atoms with Crippen LogP contribution in [0, 0.1) is 10.1 Å². The summed E-state index contributed by atoms with van der Waals surface area (Å²) in [6, 6.07) is 5.37. The quantitative estimate of drug-likeness (QED) is 0.233. The molecule has 0 amide bonds. The van der Waals surface area contributed by atoms with E-state index in [1.165, 1.54) is 36.1 Å². The molecule has 0 radical (unpaired) electrons. The maximum atomic E-state index is 13.0. The molecule has 1 atom stereocenters. The number of allylic oxidation sites excluding steroid dienone is 1. The van der Waals surface area contributed by atoms with Gasteiger partial charge in [0.15, 0.2) is 0 Å². The first-order valence-corrected chi connectivity index (χ1v) is 9.89. The summed E-state index contributed by atoms with van der Waals surface area (Å²) < 4.78 is 19.7. The van der Waals surface area contributed by atoms with Gasteiger partial charge in [-0.05, 0) is 12.5 Å². The van der Waals surface area contributed by atoms with Gasteiger partial charge in [0.1, 0.15) is 13.2 Å². The van der Waals surface area contributed by atoms with Crippen molar-refractivity contribution < 1.29 is 43.0 Å². The third-order valence-electron chi connectivity index (χ3n) is 5.16. The molecular weight excluding hydrogens is 452 g/mol. The number of nitro groups is 1. The van der Waals surface area contributed by atoms with E-state index in [0.717, 1.165) is 28.3 Å². The van der Waals surface area contributed by atoms with Gasteiger partial charge in [-0.3, -0.25) is 19.7 Å². The van der Waals surface area contributed by atoms with Crippen molar-refractivity contribution in [2.75, 3.05) is 34.5 Å². The number of hydrogen-bond donors (Lipinski definition) is 0.